The van der Waals surface area contributed by atoms with Crippen molar-refractivity contribution in [2.75, 3.05) is 0 Å². The van der Waals surface area contributed by atoms with Gasteiger partial charge < -0.3 is 27.4 Å². The Hall–Kier alpha value is -9.26. The zero-order chi connectivity index (χ0) is 128. The van der Waals surface area contributed by atoms with Gasteiger partial charge in [0.05, 0.1) is 73.1 Å². The van der Waals surface area contributed by atoms with Crippen LogP contribution in [-0.2, 0) is 74.8 Å². The van der Waals surface area contributed by atoms with E-state index in [0.717, 1.165) is 66.6 Å². The molecule has 18 rings (SSSR count). The van der Waals surface area contributed by atoms with Gasteiger partial charge in [0.1, 0.15) is 0 Å². The summed E-state index contributed by atoms with van der Waals surface area (Å²) < 4.78 is 310. The Morgan fingerprint density at radius 3 is 0.652 bits per heavy atom. The molecule has 0 saturated heterocycles. The van der Waals surface area contributed by atoms with Gasteiger partial charge in [0, 0.05) is 198 Å². The number of fused-ring (bicyclic) bond motifs is 18. The van der Waals surface area contributed by atoms with Gasteiger partial charge in [-0.15, -0.1) is 0 Å². The molecule has 0 atom stereocenters. The summed E-state index contributed by atoms with van der Waals surface area (Å²) in [5.74, 6) is 0. The molecule has 0 N–H and O–H groups in total. The molecule has 18 aromatic rings. The Bertz CT molecular complexity index is 9020. The summed E-state index contributed by atoms with van der Waals surface area (Å²) in [5, 5.41) is 16.0. The van der Waals surface area contributed by atoms with E-state index < -0.39 is 164 Å². The highest BCUT2D eigenvalue weighted by Crippen LogP contribution is 2.41. The summed E-state index contributed by atoms with van der Waals surface area (Å²) in [4.78, 5) is 0. The molecular weight excluding hydrogens is 1690 g/mol. The van der Waals surface area contributed by atoms with Crippen LogP contribution in [0.15, 0.2) is 218 Å². The molecule has 0 unspecified atom stereocenters. The number of hydrogen-bond donors (Lipinski definition) is 0. The summed E-state index contributed by atoms with van der Waals surface area (Å²) >= 11 is 0. The zero-order valence-electron chi connectivity index (χ0n) is 121. The van der Waals surface area contributed by atoms with Crippen LogP contribution in [-0.4, -0.2) is 75.8 Å². The van der Waals surface area contributed by atoms with Gasteiger partial charge in [-0.25, -0.2) is 0 Å². The van der Waals surface area contributed by atoms with E-state index in [0.29, 0.717) is 80.1 Å². The molecule has 0 aliphatic heterocycles. The fraction of sp³-hybridized carbons (Fsp3) is 0.400. The molecule has 0 aliphatic carbocycles. The molecule has 696 valence electrons. The highest BCUT2D eigenvalue weighted by molar-refractivity contribution is 6.91. The van der Waals surface area contributed by atoms with Gasteiger partial charge in [-0.2, -0.15) is 0 Å². The van der Waals surface area contributed by atoms with E-state index in [1.54, 1.807) is 60.1 Å². The topological polar surface area (TPSA) is 29.6 Å². The second-order valence-electron chi connectivity index (χ2n) is 46.1. The Morgan fingerprint density at radius 1 is 0.182 bits per heavy atom. The van der Waals surface area contributed by atoms with Crippen molar-refractivity contribution < 1.29 is 49.3 Å². The highest BCUT2D eigenvalue weighted by Gasteiger charge is 2.29. The van der Waals surface area contributed by atoms with Crippen LogP contribution in [0.3, 0.4) is 0 Å². The van der Waals surface area contributed by atoms with Crippen LogP contribution >= 0.6 is 0 Å². The lowest BCUT2D eigenvalue weighted by atomic mass is 9.85. The van der Waals surface area contributed by atoms with E-state index in [9.17, 15) is 0 Å². The number of hydrogen-bond acceptors (Lipinski definition) is 0. The van der Waals surface area contributed by atoms with Crippen LogP contribution < -0.4 is 31.1 Å². The highest BCUT2D eigenvalue weighted by atomic mass is 28.3. The number of aromatic nitrogens is 6. The average molecular weight is 1890 g/mol. The largest absolute Gasteiger partial charge is 0.344 e. The summed E-state index contributed by atoms with van der Waals surface area (Å²) in [6, 6.07) is 36.5. The SMILES string of the molecule is Cn1c2ccc([Si](C)(C)C)cc2c2cc([Si](C)(C)C)ccc21.[2H]C([2H])([2H])C(C)(C)c1ccc2c(c1)c1cc(C(C)(C([2H])([2H])[2H])C([2H])([2H])[2H])ccc1n2C.[2H]c1c(C(C)(C)C([2H])([2H])[2H])c([2H])c2c3c([2H])c(C(C)(C([2H])([2H])[2H])C([2H])([2H])[2H])c([2H])c([2H])c3n(C)c2c1[2H].[2H]c1c(C(C)(C)C)c([2H])c2c3c([2H])c(C(C)(C)C)c([2H])c([2H])c3n(C)c2c1[2H].[2H]c1cc2c(c([2H])c1[Si](C)(C)C)c1c([2H])c([Si](C)(C)C)c([2H])cc1n2C.[2H]c1cc2c(cc1[Si](C)(C)C)c1cc([Si](C)(C)C)c([2H])cc1n2C. The monoisotopic (exact) mass is 1890 g/mol. The summed E-state index contributed by atoms with van der Waals surface area (Å²) in [5.41, 5.74) is 0.830. The van der Waals surface area contributed by atoms with E-state index in [1.807, 2.05) is 108 Å². The lowest BCUT2D eigenvalue weighted by molar-refractivity contribution is 0.590. The van der Waals surface area contributed by atoms with Crippen molar-refractivity contribution in [2.24, 2.45) is 42.3 Å². The maximum absolute atomic E-state index is 8.94. The number of rotatable bonds is 6. The van der Waals surface area contributed by atoms with Crippen LogP contribution in [0.1, 0.15) is 207 Å². The van der Waals surface area contributed by atoms with Crippen molar-refractivity contribution in [3.63, 3.8) is 0 Å². The standard InChI is InChI=1S/3C21H27N.3C19H27NSi2/c3*1-20(2,3)14-8-10-18-16(12-14)17-13-15(21(4,5)6)9-11-19(17)22(18)7;3*1-20-18-10-8-14(21(2,3)4)12-16(18)17-13-15(22(5,6)7)9-11-19(17)20/h6*8-13H,1-7H3/i1D3,2D3,4D3,8D,9D,10D,11D,12D,13D;8D,9D,10D,11D,12D,13D;1D3,2D3,4D3;8D,9D,12D,13D;8D,9D;. The fourth-order valence-corrected chi connectivity index (χ4v) is 23.1. The van der Waals surface area contributed by atoms with Crippen molar-refractivity contribution in [1.29, 1.82) is 0 Å². The molecule has 0 spiro atoms. The van der Waals surface area contributed by atoms with E-state index in [1.165, 1.54) is 75.3 Å². The van der Waals surface area contributed by atoms with E-state index in [2.05, 4.69) is 183 Å². The minimum absolute atomic E-state index is 0.00253. The van der Waals surface area contributed by atoms with Gasteiger partial charge >= 0.3 is 0 Å². The average Bonchev–Trinajstić information content (AvgIpc) is 1.54. The number of aryl methyl sites for hydroxylation is 6. The molecule has 6 heterocycles. The maximum atomic E-state index is 8.94. The Labute approximate surface area is 851 Å². The normalized spacial score (nSPS) is 17.7. The minimum atomic E-state index is -3.22. The molecule has 12 heteroatoms. The fourth-order valence-electron chi connectivity index (χ4n) is 16.6. The molecule has 132 heavy (non-hydrogen) atoms. The van der Waals surface area contributed by atoms with Crippen LogP contribution in [0.25, 0.3) is 131 Å². The third-order valence-corrected chi connectivity index (χ3v) is 36.8. The molecule has 6 aromatic heterocycles. The molecular formula is C120H162N6Si6. The molecule has 0 bridgehead atoms. The van der Waals surface area contributed by atoms with Crippen molar-refractivity contribution >= 4 is 210 Å². The second-order valence-corrected chi connectivity index (χ2v) is 76.3. The van der Waals surface area contributed by atoms with Gasteiger partial charge in [-0.3, -0.25) is 0 Å². The lowest BCUT2D eigenvalue weighted by Crippen LogP contribution is -2.37. The second kappa shape index (κ2) is 35.1. The predicted molar refractivity (Wildman–Crippen MR) is 613 cm³/mol. The zero-order valence-corrected chi connectivity index (χ0v) is 91.1. The van der Waals surface area contributed by atoms with Crippen molar-refractivity contribution in [3.05, 3.63) is 251 Å². The maximum Gasteiger partial charge on any atom is 0.0776 e. The molecule has 0 aliphatic rings. The van der Waals surface area contributed by atoms with E-state index in [-0.39, 0.29) is 69.2 Å². The van der Waals surface area contributed by atoms with Crippen LogP contribution in [0.2, 0.25) is 118 Å². The van der Waals surface area contributed by atoms with Gasteiger partial charge in [-0.05, 0) is 175 Å². The first kappa shape index (κ1) is 62.4. The third-order valence-electron chi connectivity index (χ3n) is 25.4. The molecule has 6 nitrogen and oxygen atoms in total. The predicted octanol–water partition coefficient (Wildman–Crippen LogP) is 31.0. The Kier molecular flexibility index (Phi) is 16.6. The van der Waals surface area contributed by atoms with Crippen LogP contribution in [0.5, 0.6) is 0 Å². The lowest BCUT2D eigenvalue weighted by Gasteiger charge is -2.19. The van der Waals surface area contributed by atoms with Gasteiger partial charge in [-0.1, -0.05) is 382 Å². The van der Waals surface area contributed by atoms with E-state index >= 15 is 0 Å². The number of benzene rings is 12. The Morgan fingerprint density at radius 2 is 0.379 bits per heavy atom. The minimum Gasteiger partial charge on any atom is -0.344 e. The molecule has 12 aromatic carbocycles. The van der Waals surface area contributed by atoms with Gasteiger partial charge in [0.25, 0.3) is 0 Å². The summed E-state index contributed by atoms with van der Waals surface area (Å²) in [7, 11) is 1.67. The number of nitrogens with zero attached hydrogens (tertiary/aromatic N) is 6. The van der Waals surface area contributed by atoms with Gasteiger partial charge in [0.2, 0.25) is 0 Å². The molecule has 0 fully saturated rings. The van der Waals surface area contributed by atoms with Crippen LogP contribution in [0, 0.1) is 0 Å². The first-order valence-electron chi connectivity index (χ1n) is 63.8. The summed E-state index contributed by atoms with van der Waals surface area (Å²) in [6.07, 6.45) is 0. The van der Waals surface area contributed by atoms with E-state index in [4.69, 9.17) is 49.3 Å². The van der Waals surface area contributed by atoms with Crippen molar-refractivity contribution in [2.45, 2.75) is 275 Å². The quantitative estimate of drug-likeness (QED) is 0.149. The third kappa shape index (κ3) is 20.5. The molecule has 0 saturated carbocycles. The summed E-state index contributed by atoms with van der Waals surface area (Å²) in [6.45, 7) is 44.0. The molecule has 0 amide bonds. The Balaban J connectivity index is 0.000000166. The van der Waals surface area contributed by atoms with Crippen molar-refractivity contribution in [1.82, 2.24) is 27.4 Å². The van der Waals surface area contributed by atoms with Crippen molar-refractivity contribution in [3.8, 4) is 0 Å². The smallest absolute Gasteiger partial charge is 0.0776 e. The first-order valence-corrected chi connectivity index (χ1v) is 66.8. The van der Waals surface area contributed by atoms with Gasteiger partial charge in [0.15, 0.2) is 0 Å². The first-order chi connectivity index (χ1) is 75.6. The molecule has 0 radical (unpaired) electrons. The van der Waals surface area contributed by atoms with Crippen LogP contribution in [0.4, 0.5) is 0 Å².